The second-order valence-electron chi connectivity index (χ2n) is 6.42. The van der Waals surface area contributed by atoms with Crippen molar-refractivity contribution < 1.29 is 4.74 Å². The Hall–Kier alpha value is -3.67. The van der Waals surface area contributed by atoms with E-state index in [1.165, 1.54) is 0 Å². The Morgan fingerprint density at radius 3 is 2.74 bits per heavy atom. The van der Waals surface area contributed by atoms with Crippen molar-refractivity contribution in [3.05, 3.63) is 72.3 Å². The molecule has 27 heavy (non-hydrogen) atoms. The number of hydrogen-bond donors (Lipinski definition) is 1. The molecule has 0 saturated carbocycles. The number of anilines is 1. The monoisotopic (exact) mass is 355 g/mol. The number of nitrogens with two attached hydrogens (primary N) is 1. The Bertz CT molecular complexity index is 1300. The molecule has 0 radical (unpaired) electrons. The van der Waals surface area contributed by atoms with Gasteiger partial charge in [0.25, 0.3) is 0 Å². The number of pyridine rings is 1. The van der Waals surface area contributed by atoms with Gasteiger partial charge in [-0.2, -0.15) is 5.10 Å². The smallest absolute Gasteiger partial charge is 0.145 e. The minimum absolute atomic E-state index is 0.627. The molecule has 3 heterocycles. The maximum Gasteiger partial charge on any atom is 0.145 e. The highest BCUT2D eigenvalue weighted by molar-refractivity contribution is 6.02. The first-order valence-corrected chi connectivity index (χ1v) is 8.67. The van der Waals surface area contributed by atoms with Crippen molar-refractivity contribution >= 4 is 33.0 Å². The van der Waals surface area contributed by atoms with Crippen LogP contribution >= 0.6 is 0 Å². The van der Waals surface area contributed by atoms with Crippen molar-refractivity contribution in [1.82, 2.24) is 19.6 Å². The molecule has 0 saturated heterocycles. The van der Waals surface area contributed by atoms with Crippen LogP contribution in [-0.2, 0) is 6.42 Å². The standard InChI is InChI=1S/C21H17N5O/c1-27-18-9-3-6-15-20(18)24-12-26-21(15)19(22)17(25-26)11-13-5-2-8-16-14(13)7-4-10-23-16/h2-10,12H,11,22H2,1H3. The van der Waals surface area contributed by atoms with Gasteiger partial charge in [0.15, 0.2) is 0 Å². The number of ether oxygens (including phenoxy) is 1. The van der Waals surface area contributed by atoms with Gasteiger partial charge in [-0.3, -0.25) is 4.98 Å². The Balaban J connectivity index is 1.70. The Labute approximate surface area is 155 Å². The topological polar surface area (TPSA) is 78.3 Å². The minimum atomic E-state index is 0.627. The van der Waals surface area contributed by atoms with Gasteiger partial charge in [0, 0.05) is 23.4 Å². The van der Waals surface area contributed by atoms with Crippen LogP contribution in [0.5, 0.6) is 5.75 Å². The van der Waals surface area contributed by atoms with Gasteiger partial charge in [0.1, 0.15) is 23.1 Å². The summed E-state index contributed by atoms with van der Waals surface area (Å²) in [5.74, 6) is 0.720. The van der Waals surface area contributed by atoms with E-state index in [1.807, 2.05) is 36.4 Å². The number of methoxy groups -OCH3 is 1. The molecule has 0 aliphatic heterocycles. The highest BCUT2D eigenvalue weighted by Crippen LogP contribution is 2.32. The molecule has 6 nitrogen and oxygen atoms in total. The van der Waals surface area contributed by atoms with E-state index in [0.717, 1.165) is 44.3 Å². The van der Waals surface area contributed by atoms with Crippen LogP contribution in [0.2, 0.25) is 0 Å². The van der Waals surface area contributed by atoms with Crippen molar-refractivity contribution in [2.24, 2.45) is 0 Å². The molecule has 5 aromatic rings. The lowest BCUT2D eigenvalue weighted by atomic mass is 10.0. The Morgan fingerprint density at radius 2 is 1.85 bits per heavy atom. The summed E-state index contributed by atoms with van der Waals surface area (Å²) in [6.07, 6.45) is 4.11. The number of rotatable bonds is 3. The molecular formula is C21H17N5O. The van der Waals surface area contributed by atoms with E-state index >= 15 is 0 Å². The van der Waals surface area contributed by atoms with Crippen LogP contribution in [0, 0.1) is 0 Å². The number of nitrogen functional groups attached to an aromatic ring is 1. The molecule has 2 aromatic carbocycles. The van der Waals surface area contributed by atoms with Crippen LogP contribution < -0.4 is 10.5 Å². The number of fused-ring (bicyclic) bond motifs is 4. The summed E-state index contributed by atoms with van der Waals surface area (Å²) in [5.41, 5.74) is 11.7. The molecule has 0 aliphatic rings. The second-order valence-corrected chi connectivity index (χ2v) is 6.42. The maximum atomic E-state index is 6.52. The summed E-state index contributed by atoms with van der Waals surface area (Å²) in [6.45, 7) is 0. The van der Waals surface area contributed by atoms with Crippen molar-refractivity contribution in [2.75, 3.05) is 12.8 Å². The molecule has 0 aliphatic carbocycles. The molecule has 0 atom stereocenters. The first-order valence-electron chi connectivity index (χ1n) is 8.67. The predicted octanol–water partition coefficient (Wildman–Crippen LogP) is 3.61. The van der Waals surface area contributed by atoms with E-state index in [4.69, 9.17) is 10.5 Å². The molecule has 0 amide bonds. The zero-order valence-corrected chi connectivity index (χ0v) is 14.8. The molecule has 5 rings (SSSR count). The van der Waals surface area contributed by atoms with Gasteiger partial charge in [0.2, 0.25) is 0 Å². The van der Waals surface area contributed by atoms with Gasteiger partial charge in [-0.05, 0) is 23.8 Å². The van der Waals surface area contributed by atoms with Crippen LogP contribution in [0.1, 0.15) is 11.3 Å². The van der Waals surface area contributed by atoms with Crippen LogP contribution in [0.15, 0.2) is 61.1 Å². The normalized spacial score (nSPS) is 11.4. The first-order chi connectivity index (χ1) is 13.3. The van der Waals surface area contributed by atoms with E-state index in [2.05, 4.69) is 27.2 Å². The predicted molar refractivity (Wildman–Crippen MR) is 106 cm³/mol. The highest BCUT2D eigenvalue weighted by atomic mass is 16.5. The molecule has 2 N–H and O–H groups in total. The van der Waals surface area contributed by atoms with E-state index in [0.29, 0.717) is 12.1 Å². The van der Waals surface area contributed by atoms with Crippen molar-refractivity contribution in [3.8, 4) is 5.75 Å². The van der Waals surface area contributed by atoms with Gasteiger partial charge in [0.05, 0.1) is 24.0 Å². The van der Waals surface area contributed by atoms with Crippen LogP contribution in [0.3, 0.4) is 0 Å². The molecule has 132 valence electrons. The van der Waals surface area contributed by atoms with Gasteiger partial charge >= 0.3 is 0 Å². The average molecular weight is 355 g/mol. The molecule has 0 bridgehead atoms. The quantitative estimate of drug-likeness (QED) is 0.535. The fourth-order valence-electron chi connectivity index (χ4n) is 3.60. The number of nitrogens with zero attached hydrogens (tertiary/aromatic N) is 4. The molecule has 3 aromatic heterocycles. The maximum absolute atomic E-state index is 6.52. The molecule has 0 unspecified atom stereocenters. The van der Waals surface area contributed by atoms with Crippen LogP contribution in [0.25, 0.3) is 27.3 Å². The lowest BCUT2D eigenvalue weighted by Gasteiger charge is -2.06. The fourth-order valence-corrected chi connectivity index (χ4v) is 3.60. The summed E-state index contributed by atoms with van der Waals surface area (Å²) in [6, 6.07) is 16.0. The van der Waals surface area contributed by atoms with E-state index in [9.17, 15) is 0 Å². The zero-order valence-electron chi connectivity index (χ0n) is 14.8. The lowest BCUT2D eigenvalue weighted by molar-refractivity contribution is 0.419. The summed E-state index contributed by atoms with van der Waals surface area (Å²) in [4.78, 5) is 8.93. The third kappa shape index (κ3) is 2.38. The first kappa shape index (κ1) is 15.6. The lowest BCUT2D eigenvalue weighted by Crippen LogP contribution is -1.96. The molecule has 0 spiro atoms. The Morgan fingerprint density at radius 1 is 1.00 bits per heavy atom. The van der Waals surface area contributed by atoms with E-state index < -0.39 is 0 Å². The molecule has 6 heteroatoms. The van der Waals surface area contributed by atoms with Gasteiger partial charge in [-0.1, -0.05) is 30.3 Å². The van der Waals surface area contributed by atoms with E-state index in [-0.39, 0.29) is 0 Å². The third-order valence-electron chi connectivity index (χ3n) is 4.89. The Kier molecular flexibility index (Phi) is 3.43. The summed E-state index contributed by atoms with van der Waals surface area (Å²) in [5, 5.41) is 6.72. The summed E-state index contributed by atoms with van der Waals surface area (Å²) >= 11 is 0. The van der Waals surface area contributed by atoms with Crippen molar-refractivity contribution in [2.45, 2.75) is 6.42 Å². The average Bonchev–Trinajstić information content (AvgIpc) is 3.03. The van der Waals surface area contributed by atoms with Gasteiger partial charge in [-0.25, -0.2) is 9.50 Å². The number of para-hydroxylation sites is 1. The van der Waals surface area contributed by atoms with Crippen LogP contribution in [0.4, 0.5) is 5.69 Å². The van der Waals surface area contributed by atoms with Crippen molar-refractivity contribution in [1.29, 1.82) is 0 Å². The summed E-state index contributed by atoms with van der Waals surface area (Å²) < 4.78 is 7.17. The molecular weight excluding hydrogens is 338 g/mol. The van der Waals surface area contributed by atoms with Gasteiger partial charge in [-0.15, -0.1) is 0 Å². The second kappa shape index (κ2) is 5.95. The minimum Gasteiger partial charge on any atom is -0.494 e. The van der Waals surface area contributed by atoms with E-state index in [1.54, 1.807) is 24.1 Å². The summed E-state index contributed by atoms with van der Waals surface area (Å²) in [7, 11) is 1.64. The van der Waals surface area contributed by atoms with Crippen molar-refractivity contribution in [3.63, 3.8) is 0 Å². The van der Waals surface area contributed by atoms with Gasteiger partial charge < -0.3 is 10.5 Å². The third-order valence-corrected chi connectivity index (χ3v) is 4.89. The number of benzene rings is 2. The molecule has 0 fully saturated rings. The number of hydrogen-bond acceptors (Lipinski definition) is 5. The number of aromatic nitrogens is 4. The zero-order chi connectivity index (χ0) is 18.4. The largest absolute Gasteiger partial charge is 0.494 e. The highest BCUT2D eigenvalue weighted by Gasteiger charge is 2.16. The SMILES string of the molecule is COc1cccc2c1ncn1nc(Cc3cccc4ncccc34)c(N)c21. The van der Waals surface area contributed by atoms with Crippen LogP contribution in [-0.4, -0.2) is 26.7 Å². The fraction of sp³-hybridized carbons (Fsp3) is 0.0952.